The lowest BCUT2D eigenvalue weighted by Crippen LogP contribution is -3.14. The van der Waals surface area contributed by atoms with Gasteiger partial charge in [-0.1, -0.05) is 26.0 Å². The molecule has 0 radical (unpaired) electrons. The van der Waals surface area contributed by atoms with Crippen LogP contribution in [0.5, 0.6) is 5.75 Å². The van der Waals surface area contributed by atoms with Crippen molar-refractivity contribution in [2.75, 3.05) is 39.5 Å². The zero-order valence-electron chi connectivity index (χ0n) is 14.6. The maximum atomic E-state index is 10.1. The minimum Gasteiger partial charge on any atom is -0.491 e. The molecule has 0 bridgehead atoms. The van der Waals surface area contributed by atoms with Crippen LogP contribution < -0.4 is 9.64 Å². The fourth-order valence-electron chi connectivity index (χ4n) is 3.23. The molecule has 130 valence electrons. The quantitative estimate of drug-likeness (QED) is 0.674. The van der Waals surface area contributed by atoms with E-state index in [9.17, 15) is 5.11 Å². The molecule has 3 atom stereocenters. The molecule has 1 unspecified atom stereocenters. The van der Waals surface area contributed by atoms with Gasteiger partial charge in [0.1, 0.15) is 25.0 Å². The first-order chi connectivity index (χ1) is 11.2. The number of rotatable bonds is 9. The van der Waals surface area contributed by atoms with Gasteiger partial charge in [-0.2, -0.15) is 0 Å². The molecule has 4 heteroatoms. The number of quaternary nitrogens is 1. The normalized spacial score (nSPS) is 22.7. The molecular formula is C19H32NO3+. The molecule has 1 saturated heterocycles. The predicted molar refractivity (Wildman–Crippen MR) is 92.1 cm³/mol. The van der Waals surface area contributed by atoms with Crippen LogP contribution in [-0.4, -0.2) is 50.7 Å². The number of aliphatic hydroxyl groups is 1. The molecule has 0 saturated carbocycles. The summed E-state index contributed by atoms with van der Waals surface area (Å²) in [5.74, 6) is 1.65. The van der Waals surface area contributed by atoms with Crippen molar-refractivity contribution in [2.45, 2.75) is 39.2 Å². The van der Waals surface area contributed by atoms with Gasteiger partial charge in [0.05, 0.1) is 26.3 Å². The van der Waals surface area contributed by atoms with Gasteiger partial charge in [-0.3, -0.25) is 0 Å². The number of hydrogen-bond acceptors (Lipinski definition) is 3. The van der Waals surface area contributed by atoms with Crippen molar-refractivity contribution in [1.29, 1.82) is 0 Å². The number of piperidine rings is 1. The smallest absolute Gasteiger partial charge is 0.126 e. The van der Waals surface area contributed by atoms with Gasteiger partial charge in [0, 0.05) is 5.92 Å². The standard InChI is InChI=1S/C19H31NO3/c1-3-17-6-8-19(9-7-17)23-12-11-22-15-18(21)14-20-10-4-5-16(2)13-20/h6-9,16,18,21H,3-5,10-15H2,1-2H3/p+1/t16-,18-/m0/s1. The molecule has 1 aliphatic rings. The summed E-state index contributed by atoms with van der Waals surface area (Å²) < 4.78 is 11.2. The summed E-state index contributed by atoms with van der Waals surface area (Å²) in [5, 5.41) is 10.1. The lowest BCUT2D eigenvalue weighted by Gasteiger charge is -2.29. The predicted octanol–water partition coefficient (Wildman–Crippen LogP) is 1.32. The number of ether oxygens (including phenoxy) is 2. The number of nitrogens with one attached hydrogen (secondary N) is 1. The maximum Gasteiger partial charge on any atom is 0.126 e. The van der Waals surface area contributed by atoms with E-state index in [4.69, 9.17) is 9.47 Å². The van der Waals surface area contributed by atoms with Gasteiger partial charge in [0.15, 0.2) is 0 Å². The monoisotopic (exact) mass is 322 g/mol. The van der Waals surface area contributed by atoms with Crippen LogP contribution in [-0.2, 0) is 11.2 Å². The first kappa shape index (κ1) is 18.2. The van der Waals surface area contributed by atoms with Crippen molar-refractivity contribution < 1.29 is 19.5 Å². The lowest BCUT2D eigenvalue weighted by atomic mass is 10.0. The van der Waals surface area contributed by atoms with E-state index in [2.05, 4.69) is 26.0 Å². The van der Waals surface area contributed by atoms with Gasteiger partial charge in [-0.25, -0.2) is 0 Å². The Balaban J connectivity index is 1.54. The molecule has 4 nitrogen and oxygen atoms in total. The molecule has 1 aliphatic heterocycles. The summed E-state index contributed by atoms with van der Waals surface area (Å²) in [5.41, 5.74) is 1.31. The van der Waals surface area contributed by atoms with Crippen LogP contribution in [0.15, 0.2) is 24.3 Å². The number of benzene rings is 1. The number of aliphatic hydroxyl groups excluding tert-OH is 1. The van der Waals surface area contributed by atoms with Crippen LogP contribution >= 0.6 is 0 Å². The summed E-state index contributed by atoms with van der Waals surface area (Å²) in [7, 11) is 0. The third-order valence-corrected chi connectivity index (χ3v) is 4.53. The molecule has 1 fully saturated rings. The van der Waals surface area contributed by atoms with Gasteiger partial charge in [0.2, 0.25) is 0 Å². The zero-order chi connectivity index (χ0) is 16.5. The lowest BCUT2D eigenvalue weighted by molar-refractivity contribution is -0.911. The summed E-state index contributed by atoms with van der Waals surface area (Å²) in [4.78, 5) is 1.51. The maximum absolute atomic E-state index is 10.1. The Bertz CT molecular complexity index is 435. The fourth-order valence-corrected chi connectivity index (χ4v) is 3.23. The van der Waals surface area contributed by atoms with Crippen molar-refractivity contribution in [2.24, 2.45) is 5.92 Å². The highest BCUT2D eigenvalue weighted by molar-refractivity contribution is 5.27. The second-order valence-corrected chi connectivity index (χ2v) is 6.73. The van der Waals surface area contributed by atoms with Gasteiger partial charge < -0.3 is 19.5 Å². The molecule has 1 aromatic carbocycles. The zero-order valence-corrected chi connectivity index (χ0v) is 14.6. The SMILES string of the molecule is CCc1ccc(OCCOC[C@@H](O)C[NH+]2CCC[C@H](C)C2)cc1. The minimum atomic E-state index is -0.376. The second-order valence-electron chi connectivity index (χ2n) is 6.73. The molecule has 0 amide bonds. The minimum absolute atomic E-state index is 0.376. The van der Waals surface area contributed by atoms with Crippen LogP contribution in [0.3, 0.4) is 0 Å². The van der Waals surface area contributed by atoms with Crippen LogP contribution in [0.1, 0.15) is 32.3 Å². The number of hydrogen-bond donors (Lipinski definition) is 2. The van der Waals surface area contributed by atoms with E-state index in [-0.39, 0.29) is 6.10 Å². The first-order valence-electron chi connectivity index (χ1n) is 8.98. The van der Waals surface area contributed by atoms with Crippen LogP contribution in [0.4, 0.5) is 0 Å². The van der Waals surface area contributed by atoms with Gasteiger partial charge in [-0.05, 0) is 37.0 Å². The Morgan fingerprint density at radius 3 is 2.74 bits per heavy atom. The Hall–Kier alpha value is -1.10. The van der Waals surface area contributed by atoms with Crippen LogP contribution in [0, 0.1) is 5.92 Å². The highest BCUT2D eigenvalue weighted by atomic mass is 16.5. The molecule has 23 heavy (non-hydrogen) atoms. The van der Waals surface area contributed by atoms with E-state index in [1.54, 1.807) is 0 Å². The van der Waals surface area contributed by atoms with E-state index in [0.29, 0.717) is 19.8 Å². The van der Waals surface area contributed by atoms with Gasteiger partial charge >= 0.3 is 0 Å². The largest absolute Gasteiger partial charge is 0.491 e. The van der Waals surface area contributed by atoms with E-state index < -0.39 is 0 Å². The molecule has 1 heterocycles. The number of likely N-dealkylation sites (tertiary alicyclic amines) is 1. The van der Waals surface area contributed by atoms with Crippen molar-refractivity contribution in [3.05, 3.63) is 29.8 Å². The summed E-state index contributed by atoms with van der Waals surface area (Å²) in [6.45, 7) is 9.02. The van der Waals surface area contributed by atoms with Crippen molar-refractivity contribution in [3.8, 4) is 5.75 Å². The molecule has 1 aromatic rings. The summed E-state index contributed by atoms with van der Waals surface area (Å²) >= 11 is 0. The summed E-state index contributed by atoms with van der Waals surface area (Å²) in [6.07, 6.45) is 3.26. The second kappa shape index (κ2) is 9.91. The Labute approximate surface area is 140 Å². The van der Waals surface area contributed by atoms with E-state index in [0.717, 1.165) is 24.6 Å². The Morgan fingerprint density at radius 1 is 1.26 bits per heavy atom. The number of aryl methyl sites for hydroxylation is 1. The third kappa shape index (κ3) is 6.90. The third-order valence-electron chi connectivity index (χ3n) is 4.53. The van der Waals surface area contributed by atoms with E-state index in [1.807, 2.05) is 12.1 Å². The first-order valence-corrected chi connectivity index (χ1v) is 8.98. The van der Waals surface area contributed by atoms with Crippen LogP contribution in [0.2, 0.25) is 0 Å². The highest BCUT2D eigenvalue weighted by Crippen LogP contribution is 2.12. The highest BCUT2D eigenvalue weighted by Gasteiger charge is 2.22. The Kier molecular flexibility index (Phi) is 7.86. The molecule has 0 spiro atoms. The average molecular weight is 322 g/mol. The van der Waals surface area contributed by atoms with E-state index in [1.165, 1.54) is 36.4 Å². The molecule has 0 aliphatic carbocycles. The van der Waals surface area contributed by atoms with Crippen LogP contribution in [0.25, 0.3) is 0 Å². The van der Waals surface area contributed by atoms with Gasteiger partial charge in [-0.15, -0.1) is 0 Å². The van der Waals surface area contributed by atoms with Crippen molar-refractivity contribution >= 4 is 0 Å². The fraction of sp³-hybridized carbons (Fsp3) is 0.684. The molecule has 2 rings (SSSR count). The topological polar surface area (TPSA) is 43.1 Å². The van der Waals surface area contributed by atoms with Crippen molar-refractivity contribution in [1.82, 2.24) is 0 Å². The molecular weight excluding hydrogens is 290 g/mol. The van der Waals surface area contributed by atoms with Gasteiger partial charge in [0.25, 0.3) is 0 Å². The Morgan fingerprint density at radius 2 is 2.04 bits per heavy atom. The summed E-state index contributed by atoms with van der Waals surface area (Å²) in [6, 6.07) is 8.16. The average Bonchev–Trinajstić information content (AvgIpc) is 2.55. The van der Waals surface area contributed by atoms with Crippen molar-refractivity contribution in [3.63, 3.8) is 0 Å². The molecule has 2 N–H and O–H groups in total. The molecule has 0 aromatic heterocycles. The van der Waals surface area contributed by atoms with E-state index >= 15 is 0 Å².